The van der Waals surface area contributed by atoms with Crippen molar-refractivity contribution in [3.05, 3.63) is 41.9 Å². The largest absolute Gasteiger partial charge is 0.343 e. The Morgan fingerprint density at radius 2 is 2.00 bits per heavy atom. The predicted molar refractivity (Wildman–Crippen MR) is 94.3 cm³/mol. The van der Waals surface area contributed by atoms with E-state index in [4.69, 9.17) is 21.7 Å². The van der Waals surface area contributed by atoms with E-state index < -0.39 is 0 Å². The Balaban J connectivity index is 1.69. The predicted octanol–water partition coefficient (Wildman–Crippen LogP) is 3.75. The maximum absolute atomic E-state index is 6.07. The van der Waals surface area contributed by atoms with Crippen molar-refractivity contribution >= 4 is 17.1 Å². The van der Waals surface area contributed by atoms with E-state index in [1.165, 1.54) is 12.8 Å². The second-order valence-electron chi connectivity index (χ2n) is 6.30. The number of fused-ring (bicyclic) bond motifs is 1. The fourth-order valence-electron chi connectivity index (χ4n) is 3.54. The molecule has 0 spiro atoms. The normalized spacial score (nSPS) is 15.4. The molecule has 8 heteroatoms. The van der Waals surface area contributed by atoms with E-state index in [0.717, 1.165) is 35.6 Å². The Labute approximate surface area is 148 Å². The van der Waals surface area contributed by atoms with Gasteiger partial charge in [-0.25, -0.2) is 19.2 Å². The van der Waals surface area contributed by atoms with Crippen molar-refractivity contribution in [3.8, 4) is 23.0 Å². The smallest absolute Gasteiger partial charge is 0.202 e. The molecule has 0 bridgehead atoms. The maximum atomic E-state index is 6.07. The lowest BCUT2D eigenvalue weighted by Crippen LogP contribution is -2.08. The van der Waals surface area contributed by atoms with Crippen molar-refractivity contribution in [2.45, 2.75) is 31.7 Å². The summed E-state index contributed by atoms with van der Waals surface area (Å²) in [6.45, 7) is 0. The third kappa shape index (κ3) is 2.42. The second-order valence-corrected chi connectivity index (χ2v) is 6.71. The average Bonchev–Trinajstić information content (AvgIpc) is 3.39. The number of nitrogens with zero attached hydrogens (tertiary/aromatic N) is 6. The first kappa shape index (κ1) is 14.7. The summed E-state index contributed by atoms with van der Waals surface area (Å²) in [6, 6.07) is 6.06. The lowest BCUT2D eigenvalue weighted by molar-refractivity contribution is 0.471. The van der Waals surface area contributed by atoms with Gasteiger partial charge in [0.05, 0.1) is 23.4 Å². The van der Waals surface area contributed by atoms with E-state index in [9.17, 15) is 0 Å². The van der Waals surface area contributed by atoms with Gasteiger partial charge in [-0.1, -0.05) is 24.4 Å². The molecule has 0 amide bonds. The van der Waals surface area contributed by atoms with Crippen molar-refractivity contribution in [3.63, 3.8) is 0 Å². The van der Waals surface area contributed by atoms with Gasteiger partial charge in [0, 0.05) is 12.4 Å². The summed E-state index contributed by atoms with van der Waals surface area (Å²) in [5.74, 6) is 1.41. The van der Waals surface area contributed by atoms with Gasteiger partial charge in [-0.05, 0) is 31.0 Å². The molecule has 0 aromatic carbocycles. The minimum absolute atomic E-state index is 0.364. The second kappa shape index (κ2) is 5.70. The zero-order chi connectivity index (χ0) is 16.8. The molecule has 4 aromatic heterocycles. The Morgan fingerprint density at radius 1 is 1.12 bits per heavy atom. The first-order chi connectivity index (χ1) is 12.3. The van der Waals surface area contributed by atoms with Crippen LogP contribution >= 0.6 is 11.6 Å². The minimum Gasteiger partial charge on any atom is -0.343 e. The summed E-state index contributed by atoms with van der Waals surface area (Å²) in [4.78, 5) is 12.4. The summed E-state index contributed by atoms with van der Waals surface area (Å²) >= 11 is 6.07. The molecule has 1 N–H and O–H groups in total. The molecular weight excluding hydrogens is 338 g/mol. The monoisotopic (exact) mass is 353 g/mol. The summed E-state index contributed by atoms with van der Waals surface area (Å²) in [5, 5.41) is 9.67. The van der Waals surface area contributed by atoms with Crippen molar-refractivity contribution < 1.29 is 0 Å². The fourth-order valence-corrected chi connectivity index (χ4v) is 3.70. The summed E-state index contributed by atoms with van der Waals surface area (Å²) < 4.78 is 3.82. The average molecular weight is 354 g/mol. The zero-order valence-electron chi connectivity index (χ0n) is 13.4. The fraction of sp³-hybridized carbons (Fsp3) is 0.294. The van der Waals surface area contributed by atoms with Gasteiger partial charge in [0.2, 0.25) is 5.82 Å². The first-order valence-corrected chi connectivity index (χ1v) is 8.77. The summed E-state index contributed by atoms with van der Waals surface area (Å²) in [7, 11) is 0. The highest BCUT2D eigenvalue weighted by Crippen LogP contribution is 2.34. The molecular formula is C17H16ClN7. The molecule has 1 saturated carbocycles. The van der Waals surface area contributed by atoms with Crippen LogP contribution < -0.4 is 0 Å². The third-order valence-electron chi connectivity index (χ3n) is 4.73. The Hall–Kier alpha value is -2.67. The van der Waals surface area contributed by atoms with Crippen LogP contribution in [0.2, 0.25) is 5.15 Å². The van der Waals surface area contributed by atoms with Crippen LogP contribution in [0.3, 0.4) is 0 Å². The van der Waals surface area contributed by atoms with Crippen molar-refractivity contribution in [1.29, 1.82) is 0 Å². The lowest BCUT2D eigenvalue weighted by atomic mass is 10.2. The van der Waals surface area contributed by atoms with Gasteiger partial charge in [0.1, 0.15) is 10.8 Å². The van der Waals surface area contributed by atoms with E-state index in [1.54, 1.807) is 16.9 Å². The Morgan fingerprint density at radius 3 is 2.80 bits per heavy atom. The van der Waals surface area contributed by atoms with Crippen LogP contribution in [0.5, 0.6) is 0 Å². The maximum Gasteiger partial charge on any atom is 0.202 e. The van der Waals surface area contributed by atoms with Crippen LogP contribution in [-0.4, -0.2) is 34.3 Å². The van der Waals surface area contributed by atoms with Crippen molar-refractivity contribution in [1.82, 2.24) is 34.3 Å². The molecule has 25 heavy (non-hydrogen) atoms. The molecule has 0 radical (unpaired) electrons. The highest BCUT2D eigenvalue weighted by molar-refractivity contribution is 6.29. The number of H-pyrrole nitrogens is 1. The van der Waals surface area contributed by atoms with Crippen LogP contribution in [0.4, 0.5) is 0 Å². The molecule has 4 heterocycles. The van der Waals surface area contributed by atoms with Crippen molar-refractivity contribution in [2.24, 2.45) is 0 Å². The molecule has 1 fully saturated rings. The van der Waals surface area contributed by atoms with E-state index in [-0.39, 0.29) is 0 Å². The standard InChI is InChI=1S/C17H16ClN7/c18-14-6-5-12(21-14)17-22-16(23-25(17)11-3-1-2-4-11)15-13-7-8-20-24(13)10-9-19-15/h5-11,21H,1-4H2. The molecule has 0 atom stereocenters. The molecule has 126 valence electrons. The first-order valence-electron chi connectivity index (χ1n) is 8.40. The summed E-state index contributed by atoms with van der Waals surface area (Å²) in [5.41, 5.74) is 2.49. The summed E-state index contributed by atoms with van der Waals surface area (Å²) in [6.07, 6.45) is 9.97. The van der Waals surface area contributed by atoms with Gasteiger partial charge < -0.3 is 4.98 Å². The molecule has 1 aliphatic carbocycles. The quantitative estimate of drug-likeness (QED) is 0.608. The van der Waals surface area contributed by atoms with Gasteiger partial charge in [-0.15, -0.1) is 5.10 Å². The van der Waals surface area contributed by atoms with Gasteiger partial charge in [0.25, 0.3) is 0 Å². The van der Waals surface area contributed by atoms with E-state index in [0.29, 0.717) is 17.0 Å². The Bertz CT molecular complexity index is 1040. The molecule has 4 aromatic rings. The van der Waals surface area contributed by atoms with Crippen LogP contribution in [0.15, 0.2) is 36.8 Å². The topological polar surface area (TPSA) is 76.7 Å². The van der Waals surface area contributed by atoms with Crippen LogP contribution in [0.25, 0.3) is 28.6 Å². The SMILES string of the molecule is Clc1ccc(-c2nc(-c3nccn4nccc34)nn2C2CCCC2)[nH]1. The zero-order valence-corrected chi connectivity index (χ0v) is 14.2. The number of aromatic nitrogens is 7. The van der Waals surface area contributed by atoms with Gasteiger partial charge in [0.15, 0.2) is 5.82 Å². The number of hydrogen-bond donors (Lipinski definition) is 1. The minimum atomic E-state index is 0.364. The number of hydrogen-bond acceptors (Lipinski definition) is 4. The van der Waals surface area contributed by atoms with Gasteiger partial charge in [-0.3, -0.25) is 0 Å². The highest BCUT2D eigenvalue weighted by Gasteiger charge is 2.25. The molecule has 0 aliphatic heterocycles. The number of aromatic amines is 1. The van der Waals surface area contributed by atoms with E-state index in [2.05, 4.69) is 15.1 Å². The lowest BCUT2D eigenvalue weighted by Gasteiger charge is -2.11. The molecule has 0 unspecified atom stereocenters. The highest BCUT2D eigenvalue weighted by atomic mass is 35.5. The third-order valence-corrected chi connectivity index (χ3v) is 4.95. The molecule has 7 nitrogen and oxygen atoms in total. The van der Waals surface area contributed by atoms with Crippen LogP contribution in [0.1, 0.15) is 31.7 Å². The van der Waals surface area contributed by atoms with E-state index in [1.807, 2.05) is 29.1 Å². The van der Waals surface area contributed by atoms with Crippen LogP contribution in [0, 0.1) is 0 Å². The van der Waals surface area contributed by atoms with Gasteiger partial charge in [-0.2, -0.15) is 5.10 Å². The van der Waals surface area contributed by atoms with Gasteiger partial charge >= 0.3 is 0 Å². The number of nitrogens with one attached hydrogen (secondary N) is 1. The molecule has 5 rings (SSSR count). The number of rotatable bonds is 3. The van der Waals surface area contributed by atoms with E-state index >= 15 is 0 Å². The van der Waals surface area contributed by atoms with Crippen LogP contribution in [-0.2, 0) is 0 Å². The molecule has 0 saturated heterocycles. The Kier molecular flexibility index (Phi) is 3.34. The molecule has 1 aliphatic rings. The van der Waals surface area contributed by atoms with Crippen molar-refractivity contribution in [2.75, 3.05) is 0 Å². The number of halogens is 1.